The minimum absolute atomic E-state index is 0.125. The highest BCUT2D eigenvalue weighted by Gasteiger charge is 2.39. The molecule has 2 aliphatic rings. The zero-order valence-corrected chi connectivity index (χ0v) is 18.6. The number of carbonyl (C=O) groups excluding carboxylic acids is 2. The summed E-state index contributed by atoms with van der Waals surface area (Å²) in [6, 6.07) is 12.4. The highest BCUT2D eigenvalue weighted by molar-refractivity contribution is 6.23. The van der Waals surface area contributed by atoms with Crippen molar-refractivity contribution in [3.63, 3.8) is 0 Å². The van der Waals surface area contributed by atoms with E-state index in [4.69, 9.17) is 13.9 Å². The number of para-hydroxylation sites is 1. The predicted molar refractivity (Wildman–Crippen MR) is 123 cm³/mol. The highest BCUT2D eigenvalue weighted by Crippen LogP contribution is 2.47. The Morgan fingerprint density at radius 2 is 1.85 bits per heavy atom. The number of fused-ring (bicyclic) bond motifs is 4. The molecule has 33 heavy (non-hydrogen) atoms. The normalized spacial score (nSPS) is 18.5. The number of hydrogen-bond donors (Lipinski definition) is 0. The first-order valence-corrected chi connectivity index (χ1v) is 10.4. The molecular weight excluding hydrogens is 422 g/mol. The molecule has 7 heteroatoms. The van der Waals surface area contributed by atoms with Crippen molar-refractivity contribution in [2.24, 2.45) is 0 Å². The zero-order chi connectivity index (χ0) is 23.5. The first-order chi connectivity index (χ1) is 15.7. The largest absolute Gasteiger partial charge is 0.465 e. The highest BCUT2D eigenvalue weighted by atomic mass is 16.5. The third kappa shape index (κ3) is 3.00. The van der Waals surface area contributed by atoms with Crippen LogP contribution < -0.4 is 15.3 Å². The van der Waals surface area contributed by atoms with Crippen molar-refractivity contribution in [3.05, 3.63) is 87.4 Å². The molecule has 3 heterocycles. The van der Waals surface area contributed by atoms with Crippen LogP contribution in [-0.4, -0.2) is 26.1 Å². The smallest absolute Gasteiger partial charge is 0.348 e. The molecule has 2 aliphatic heterocycles. The second-order valence-electron chi connectivity index (χ2n) is 8.52. The Morgan fingerprint density at radius 3 is 2.61 bits per heavy atom. The average molecular weight is 443 g/mol. The van der Waals surface area contributed by atoms with Gasteiger partial charge in [-0.3, -0.25) is 0 Å². The van der Waals surface area contributed by atoms with Gasteiger partial charge in [-0.25, -0.2) is 14.4 Å². The summed E-state index contributed by atoms with van der Waals surface area (Å²) < 4.78 is 15.7. The van der Waals surface area contributed by atoms with Gasteiger partial charge in [0, 0.05) is 23.8 Å². The molecule has 166 valence electrons. The Bertz CT molecular complexity index is 1470. The lowest BCUT2D eigenvalue weighted by atomic mass is 9.83. The summed E-state index contributed by atoms with van der Waals surface area (Å²) in [6.07, 6.45) is 3.40. The van der Waals surface area contributed by atoms with Gasteiger partial charge in [0.1, 0.15) is 11.1 Å². The molecule has 5 rings (SSSR count). The SMILES string of the molecule is COC(=O)c1ccc2c(c1)C(C)(C)/C(=C\C=C1\C(=O)Oc3c1c(=O)oc1ccccc31)N2C. The molecule has 7 nitrogen and oxygen atoms in total. The fourth-order valence-corrected chi connectivity index (χ4v) is 4.60. The van der Waals surface area contributed by atoms with E-state index in [0.29, 0.717) is 16.5 Å². The van der Waals surface area contributed by atoms with E-state index in [9.17, 15) is 14.4 Å². The summed E-state index contributed by atoms with van der Waals surface area (Å²) in [5.74, 6) is -0.781. The number of methoxy groups -OCH3 is 1. The average Bonchev–Trinajstić information content (AvgIpc) is 3.23. The molecular formula is C26H21NO6. The second-order valence-corrected chi connectivity index (χ2v) is 8.52. The van der Waals surface area contributed by atoms with Gasteiger partial charge in [0.2, 0.25) is 0 Å². The number of anilines is 1. The Morgan fingerprint density at radius 1 is 1.09 bits per heavy atom. The number of benzene rings is 2. The molecule has 0 saturated heterocycles. The van der Waals surface area contributed by atoms with Gasteiger partial charge in [-0.2, -0.15) is 0 Å². The second kappa shape index (κ2) is 7.20. The summed E-state index contributed by atoms with van der Waals surface area (Å²) in [4.78, 5) is 39.4. The van der Waals surface area contributed by atoms with E-state index < -0.39 is 23.0 Å². The number of ether oxygens (including phenoxy) is 2. The predicted octanol–water partition coefficient (Wildman–Crippen LogP) is 4.19. The number of nitrogens with zero attached hydrogens (tertiary/aromatic N) is 1. The first-order valence-electron chi connectivity index (χ1n) is 10.4. The van der Waals surface area contributed by atoms with Crippen molar-refractivity contribution in [1.82, 2.24) is 0 Å². The standard InChI is InChI=1S/C26H21NO6/c1-26(2)17-13-14(23(28)31-4)9-11-18(17)27(3)20(26)12-10-16-21-22(33-24(16)29)15-7-5-6-8-19(15)32-25(21)30/h5-13H,1-4H3/b16-10+,20-12+. The van der Waals surface area contributed by atoms with Crippen molar-refractivity contribution in [1.29, 1.82) is 0 Å². The van der Waals surface area contributed by atoms with Crippen LogP contribution >= 0.6 is 0 Å². The monoisotopic (exact) mass is 443 g/mol. The van der Waals surface area contributed by atoms with Crippen molar-refractivity contribution >= 4 is 34.2 Å². The maximum Gasteiger partial charge on any atom is 0.348 e. The summed E-state index contributed by atoms with van der Waals surface area (Å²) in [6.45, 7) is 4.06. The third-order valence-electron chi connectivity index (χ3n) is 6.31. The van der Waals surface area contributed by atoms with Crippen LogP contribution in [0.4, 0.5) is 5.69 Å². The summed E-state index contributed by atoms with van der Waals surface area (Å²) in [7, 11) is 3.27. The molecule has 2 aromatic carbocycles. The van der Waals surface area contributed by atoms with Crippen LogP contribution in [0.3, 0.4) is 0 Å². The molecule has 0 radical (unpaired) electrons. The van der Waals surface area contributed by atoms with Crippen LogP contribution in [0.1, 0.15) is 35.3 Å². The maximum absolute atomic E-state index is 12.7. The van der Waals surface area contributed by atoms with E-state index in [1.807, 2.05) is 37.9 Å². The van der Waals surface area contributed by atoms with Gasteiger partial charge in [0.25, 0.3) is 0 Å². The fourth-order valence-electron chi connectivity index (χ4n) is 4.60. The van der Waals surface area contributed by atoms with E-state index in [1.54, 1.807) is 42.5 Å². The number of esters is 2. The van der Waals surface area contributed by atoms with Gasteiger partial charge in [-0.05, 0) is 48.0 Å². The van der Waals surface area contributed by atoms with E-state index in [1.165, 1.54) is 7.11 Å². The number of allylic oxidation sites excluding steroid dienone is 3. The van der Waals surface area contributed by atoms with Gasteiger partial charge in [0.15, 0.2) is 5.75 Å². The quantitative estimate of drug-likeness (QED) is 0.333. The number of hydrogen-bond acceptors (Lipinski definition) is 7. The molecule has 0 fully saturated rings. The molecule has 1 aromatic heterocycles. The van der Waals surface area contributed by atoms with Crippen LogP contribution in [0.5, 0.6) is 5.75 Å². The molecule has 0 saturated carbocycles. The lowest BCUT2D eigenvalue weighted by Crippen LogP contribution is -2.22. The summed E-state index contributed by atoms with van der Waals surface area (Å²) in [5.41, 5.74) is 2.80. The van der Waals surface area contributed by atoms with Crippen LogP contribution in [0.15, 0.2) is 69.5 Å². The molecule has 0 bridgehead atoms. The number of carbonyl (C=O) groups is 2. The molecule has 0 aliphatic carbocycles. The lowest BCUT2D eigenvalue weighted by molar-refractivity contribution is -0.126. The minimum atomic E-state index is -0.621. The van der Waals surface area contributed by atoms with Crippen LogP contribution in [0.2, 0.25) is 0 Å². The van der Waals surface area contributed by atoms with Gasteiger partial charge in [-0.15, -0.1) is 0 Å². The maximum atomic E-state index is 12.7. The fraction of sp³-hybridized carbons (Fsp3) is 0.192. The number of rotatable bonds is 2. The van der Waals surface area contributed by atoms with E-state index in [0.717, 1.165) is 16.9 Å². The Labute approximate surface area is 189 Å². The minimum Gasteiger partial charge on any atom is -0.465 e. The summed E-state index contributed by atoms with van der Waals surface area (Å²) in [5, 5.41) is 0.567. The Hall–Kier alpha value is -4.13. The van der Waals surface area contributed by atoms with E-state index in [2.05, 4.69) is 0 Å². The molecule has 0 atom stereocenters. The zero-order valence-electron chi connectivity index (χ0n) is 18.6. The molecule has 0 N–H and O–H groups in total. The van der Waals surface area contributed by atoms with Crippen molar-refractivity contribution in [2.75, 3.05) is 19.1 Å². The van der Waals surface area contributed by atoms with Gasteiger partial charge in [0.05, 0.1) is 23.6 Å². The Kier molecular flexibility index (Phi) is 4.53. The number of likely N-dealkylation sites (N-methyl/N-ethyl adjacent to an activating group) is 1. The molecule has 0 spiro atoms. The van der Waals surface area contributed by atoms with Gasteiger partial charge < -0.3 is 18.8 Å². The van der Waals surface area contributed by atoms with Crippen molar-refractivity contribution in [2.45, 2.75) is 19.3 Å². The van der Waals surface area contributed by atoms with Crippen LogP contribution in [-0.2, 0) is 14.9 Å². The van der Waals surface area contributed by atoms with Gasteiger partial charge in [-0.1, -0.05) is 26.0 Å². The first kappa shape index (κ1) is 20.8. The third-order valence-corrected chi connectivity index (χ3v) is 6.31. The molecule has 0 amide bonds. The van der Waals surface area contributed by atoms with Crippen molar-refractivity contribution in [3.8, 4) is 5.75 Å². The topological polar surface area (TPSA) is 86.1 Å². The molecule has 3 aromatic rings. The van der Waals surface area contributed by atoms with Gasteiger partial charge >= 0.3 is 17.6 Å². The van der Waals surface area contributed by atoms with Crippen molar-refractivity contribution < 1.29 is 23.5 Å². The molecule has 0 unspecified atom stereocenters. The van der Waals surface area contributed by atoms with Crippen LogP contribution in [0.25, 0.3) is 16.5 Å². The van der Waals surface area contributed by atoms with E-state index >= 15 is 0 Å². The lowest BCUT2D eigenvalue weighted by Gasteiger charge is -2.23. The van der Waals surface area contributed by atoms with E-state index in [-0.39, 0.29) is 16.9 Å². The summed E-state index contributed by atoms with van der Waals surface area (Å²) >= 11 is 0. The van der Waals surface area contributed by atoms with Crippen LogP contribution in [0, 0.1) is 0 Å². The Balaban J connectivity index is 1.62.